The molecule has 182 valence electrons. The molecule has 10 heteroatoms. The van der Waals surface area contributed by atoms with Gasteiger partial charge in [0.2, 0.25) is 5.88 Å². The van der Waals surface area contributed by atoms with Crippen molar-refractivity contribution in [3.05, 3.63) is 65.6 Å². The van der Waals surface area contributed by atoms with Gasteiger partial charge < -0.3 is 14.2 Å². The van der Waals surface area contributed by atoms with Crippen LogP contribution >= 0.6 is 0 Å². The van der Waals surface area contributed by atoms with Crippen molar-refractivity contribution in [1.29, 1.82) is 0 Å². The molecule has 0 atom stereocenters. The van der Waals surface area contributed by atoms with Crippen LogP contribution in [0.4, 0.5) is 10.1 Å². The normalized spacial score (nSPS) is 18.5. The third-order valence-electron chi connectivity index (χ3n) is 7.01. The quantitative estimate of drug-likeness (QED) is 0.572. The van der Waals surface area contributed by atoms with Gasteiger partial charge in [0, 0.05) is 63.2 Å². The number of carbonyl (C=O) groups is 2. The van der Waals surface area contributed by atoms with E-state index in [9.17, 15) is 9.59 Å². The van der Waals surface area contributed by atoms with Crippen molar-refractivity contribution in [2.75, 3.05) is 25.1 Å². The average molecular weight is 479 g/mol. The van der Waals surface area contributed by atoms with Gasteiger partial charge in [0.25, 0.3) is 11.8 Å². The molecule has 3 aromatic rings. The number of fused-ring (bicyclic) bond motifs is 1. The fraction of sp³-hybridized carbons (Fsp3) is 0.400. The Balaban J connectivity index is 1.39. The van der Waals surface area contributed by atoms with Crippen LogP contribution in [0.15, 0.2) is 43.0 Å². The number of rotatable bonds is 4. The summed E-state index contributed by atoms with van der Waals surface area (Å²) in [7, 11) is 3.28. The van der Waals surface area contributed by atoms with E-state index in [0.29, 0.717) is 34.2 Å². The van der Waals surface area contributed by atoms with E-state index >= 15 is 4.39 Å². The molecule has 2 amide bonds. The molecule has 0 unspecified atom stereocenters. The highest BCUT2D eigenvalue weighted by Crippen LogP contribution is 2.43. The topological polar surface area (TPSA) is 93.4 Å². The van der Waals surface area contributed by atoms with Gasteiger partial charge in [-0.15, -0.1) is 0 Å². The van der Waals surface area contributed by atoms with Crippen molar-refractivity contribution in [2.45, 2.75) is 37.9 Å². The molecular formula is C25H27FN6O3. The summed E-state index contributed by atoms with van der Waals surface area (Å²) in [6, 6.07) is 5.04. The van der Waals surface area contributed by atoms with E-state index in [4.69, 9.17) is 4.74 Å². The molecule has 1 fully saturated rings. The molecule has 0 radical (unpaired) electrons. The number of hydrogen-bond acceptors (Lipinski definition) is 6. The average Bonchev–Trinajstić information content (AvgIpc) is 3.37. The van der Waals surface area contributed by atoms with E-state index in [-0.39, 0.29) is 37.7 Å². The molecule has 9 nitrogen and oxygen atoms in total. The first-order valence-electron chi connectivity index (χ1n) is 11.5. The molecule has 35 heavy (non-hydrogen) atoms. The van der Waals surface area contributed by atoms with Gasteiger partial charge in [-0.3, -0.25) is 19.5 Å². The van der Waals surface area contributed by atoms with Crippen LogP contribution in [-0.2, 0) is 18.3 Å². The van der Waals surface area contributed by atoms with Gasteiger partial charge in [0.1, 0.15) is 5.67 Å². The highest BCUT2D eigenvalue weighted by Gasteiger charge is 2.46. The van der Waals surface area contributed by atoms with Crippen LogP contribution < -0.4 is 9.64 Å². The van der Waals surface area contributed by atoms with Gasteiger partial charge in [-0.25, -0.2) is 14.4 Å². The van der Waals surface area contributed by atoms with Crippen LogP contribution in [-0.4, -0.2) is 56.4 Å². The molecule has 0 bridgehead atoms. The second kappa shape index (κ2) is 8.14. The lowest BCUT2D eigenvalue weighted by Gasteiger charge is -2.37. The summed E-state index contributed by atoms with van der Waals surface area (Å²) < 4.78 is 23.0. The largest absolute Gasteiger partial charge is 0.481 e. The number of methoxy groups -OCH3 is 1. The number of amides is 2. The molecule has 1 saturated heterocycles. The SMILES string of the molecule is COc1ccc2c(n1)C(C)(C)N(c1cncc(C3(F)CCN(C(=O)c4nccn4C)CC3)c1)C2=O. The summed E-state index contributed by atoms with van der Waals surface area (Å²) in [5.41, 5.74) is -0.464. The lowest BCUT2D eigenvalue weighted by Crippen LogP contribution is -2.44. The van der Waals surface area contributed by atoms with Crippen LogP contribution in [0.5, 0.6) is 5.88 Å². The minimum absolute atomic E-state index is 0.130. The number of carbonyl (C=O) groups excluding carboxylic acids is 2. The molecule has 5 heterocycles. The Bertz CT molecular complexity index is 1310. The van der Waals surface area contributed by atoms with Crippen molar-refractivity contribution in [3.63, 3.8) is 0 Å². The maximum atomic E-state index is 16.2. The highest BCUT2D eigenvalue weighted by atomic mass is 19.1. The summed E-state index contributed by atoms with van der Waals surface area (Å²) in [5.74, 6) is 0.326. The van der Waals surface area contributed by atoms with E-state index < -0.39 is 11.2 Å². The fourth-order valence-corrected chi connectivity index (χ4v) is 4.98. The van der Waals surface area contributed by atoms with Crippen molar-refractivity contribution in [2.24, 2.45) is 7.05 Å². The molecule has 0 spiro atoms. The number of pyridine rings is 2. The number of aryl methyl sites for hydroxylation is 1. The van der Waals surface area contributed by atoms with Crippen LogP contribution in [0, 0.1) is 0 Å². The predicted molar refractivity (Wildman–Crippen MR) is 126 cm³/mol. The third-order valence-corrected chi connectivity index (χ3v) is 7.01. The van der Waals surface area contributed by atoms with E-state index in [1.165, 1.54) is 13.3 Å². The van der Waals surface area contributed by atoms with Gasteiger partial charge in [-0.05, 0) is 26.0 Å². The zero-order valence-corrected chi connectivity index (χ0v) is 20.2. The third kappa shape index (κ3) is 3.64. The molecule has 0 saturated carbocycles. The molecule has 2 aliphatic heterocycles. The molecule has 0 aliphatic carbocycles. The van der Waals surface area contributed by atoms with Gasteiger partial charge in [0.15, 0.2) is 5.82 Å². The van der Waals surface area contributed by atoms with E-state index in [1.807, 2.05) is 13.8 Å². The first kappa shape index (κ1) is 22.9. The van der Waals surface area contributed by atoms with Crippen molar-refractivity contribution in [3.8, 4) is 5.88 Å². The van der Waals surface area contributed by atoms with Crippen LogP contribution in [0.1, 0.15) is 58.9 Å². The number of halogens is 1. The van der Waals surface area contributed by atoms with Crippen LogP contribution in [0.3, 0.4) is 0 Å². The summed E-state index contributed by atoms with van der Waals surface area (Å²) in [6.45, 7) is 4.30. The van der Waals surface area contributed by atoms with Crippen LogP contribution in [0.25, 0.3) is 0 Å². The number of likely N-dealkylation sites (tertiary alicyclic amines) is 1. The lowest BCUT2D eigenvalue weighted by molar-refractivity contribution is 0.0408. The van der Waals surface area contributed by atoms with Gasteiger partial charge in [-0.1, -0.05) is 0 Å². The number of nitrogens with zero attached hydrogens (tertiary/aromatic N) is 6. The lowest BCUT2D eigenvalue weighted by atomic mass is 9.86. The van der Waals surface area contributed by atoms with Gasteiger partial charge in [0.05, 0.1) is 35.8 Å². The Kier molecular flexibility index (Phi) is 5.34. The van der Waals surface area contributed by atoms with E-state index in [2.05, 4.69) is 15.0 Å². The molecule has 0 aromatic carbocycles. The Morgan fingerprint density at radius 2 is 1.91 bits per heavy atom. The maximum Gasteiger partial charge on any atom is 0.289 e. The smallest absolute Gasteiger partial charge is 0.289 e. The maximum absolute atomic E-state index is 16.2. The van der Waals surface area contributed by atoms with E-state index in [1.54, 1.807) is 58.2 Å². The number of hydrogen-bond donors (Lipinski definition) is 0. The molecule has 2 aliphatic rings. The summed E-state index contributed by atoms with van der Waals surface area (Å²) in [4.78, 5) is 42.2. The number of alkyl halides is 1. The Hall–Kier alpha value is -3.82. The Labute approximate surface area is 202 Å². The summed E-state index contributed by atoms with van der Waals surface area (Å²) in [5, 5.41) is 0. The molecule has 0 N–H and O–H groups in total. The van der Waals surface area contributed by atoms with Crippen molar-refractivity contribution >= 4 is 17.5 Å². The number of anilines is 1. The number of ether oxygens (including phenoxy) is 1. The van der Waals surface area contributed by atoms with Crippen molar-refractivity contribution < 1.29 is 18.7 Å². The van der Waals surface area contributed by atoms with Gasteiger partial charge >= 0.3 is 0 Å². The van der Waals surface area contributed by atoms with Crippen molar-refractivity contribution in [1.82, 2.24) is 24.4 Å². The number of piperidine rings is 1. The molecule has 3 aromatic heterocycles. The molecule has 5 rings (SSSR count). The van der Waals surface area contributed by atoms with Gasteiger partial charge in [-0.2, -0.15) is 0 Å². The zero-order chi connectivity index (χ0) is 25.0. The first-order chi connectivity index (χ1) is 16.7. The monoisotopic (exact) mass is 478 g/mol. The molecular weight excluding hydrogens is 451 g/mol. The number of aromatic nitrogens is 4. The summed E-state index contributed by atoms with van der Waals surface area (Å²) in [6.07, 6.45) is 6.60. The fourth-order valence-electron chi connectivity index (χ4n) is 4.98. The van der Waals surface area contributed by atoms with E-state index in [0.717, 1.165) is 0 Å². The van der Waals surface area contributed by atoms with Crippen LogP contribution in [0.2, 0.25) is 0 Å². The minimum Gasteiger partial charge on any atom is -0.481 e. The standard InChI is InChI=1S/C25H27FN6O3/c1-24(2)20-18(5-6-19(29-20)35-4)22(33)32(24)17-13-16(14-27-15-17)25(26)7-10-31(11-8-25)23(34)21-28-9-12-30(21)3/h5-6,9,12-15H,7-8,10-11H2,1-4H3. The zero-order valence-electron chi connectivity index (χ0n) is 20.2. The second-order valence-corrected chi connectivity index (χ2v) is 9.50. The Morgan fingerprint density at radius 1 is 1.17 bits per heavy atom. The first-order valence-corrected chi connectivity index (χ1v) is 11.5. The number of imidazole rings is 1. The second-order valence-electron chi connectivity index (χ2n) is 9.50. The highest BCUT2D eigenvalue weighted by molar-refractivity contribution is 6.11. The Morgan fingerprint density at radius 3 is 2.57 bits per heavy atom. The minimum atomic E-state index is -1.66. The predicted octanol–water partition coefficient (Wildman–Crippen LogP) is 3.22. The summed E-state index contributed by atoms with van der Waals surface area (Å²) >= 11 is 0.